The summed E-state index contributed by atoms with van der Waals surface area (Å²) in [6, 6.07) is 17.8. The lowest BCUT2D eigenvalue weighted by atomic mass is 10.0. The van der Waals surface area contributed by atoms with Gasteiger partial charge in [0.05, 0.1) is 16.6 Å². The van der Waals surface area contributed by atoms with Crippen LogP contribution in [0.5, 0.6) is 0 Å². The number of aromatic nitrogens is 3. The number of pyridine rings is 1. The van der Waals surface area contributed by atoms with Gasteiger partial charge in [0, 0.05) is 35.6 Å². The van der Waals surface area contributed by atoms with Crippen molar-refractivity contribution in [3.05, 3.63) is 87.3 Å². The van der Waals surface area contributed by atoms with Crippen LogP contribution in [0.2, 0.25) is 0 Å². The van der Waals surface area contributed by atoms with E-state index in [0.29, 0.717) is 28.9 Å². The molecule has 3 heterocycles. The van der Waals surface area contributed by atoms with Crippen LogP contribution in [0.1, 0.15) is 28.7 Å². The molecule has 5 rings (SSSR count). The number of rotatable bonds is 6. The highest BCUT2D eigenvalue weighted by Gasteiger charge is 2.19. The topological polar surface area (TPSA) is 106 Å². The Bertz CT molecular complexity index is 1610. The Morgan fingerprint density at radius 3 is 2.67 bits per heavy atom. The Balaban J connectivity index is 1.33. The van der Waals surface area contributed by atoms with E-state index >= 15 is 0 Å². The molecule has 0 saturated carbocycles. The van der Waals surface area contributed by atoms with Crippen LogP contribution < -0.4 is 10.9 Å². The van der Waals surface area contributed by atoms with Gasteiger partial charge in [0.15, 0.2) is 0 Å². The Labute approximate surface area is 189 Å². The lowest BCUT2D eigenvalue weighted by Crippen LogP contribution is -2.27. The minimum absolute atomic E-state index is 0.115. The van der Waals surface area contributed by atoms with E-state index in [4.69, 9.17) is 0 Å². The number of nitriles is 1. The maximum absolute atomic E-state index is 13.3. The summed E-state index contributed by atoms with van der Waals surface area (Å²) >= 11 is 0. The molecule has 0 bridgehead atoms. The quantitative estimate of drug-likeness (QED) is 0.377. The van der Waals surface area contributed by atoms with Gasteiger partial charge in [-0.1, -0.05) is 30.3 Å². The summed E-state index contributed by atoms with van der Waals surface area (Å²) in [5, 5.41) is 13.9. The molecule has 2 aromatic carbocycles. The third kappa shape index (κ3) is 3.56. The first-order valence-electron chi connectivity index (χ1n) is 10.9. The van der Waals surface area contributed by atoms with Crippen LogP contribution >= 0.6 is 0 Å². The summed E-state index contributed by atoms with van der Waals surface area (Å²) in [5.41, 5.74) is 5.61. The first-order chi connectivity index (χ1) is 16.1. The molecule has 3 aromatic heterocycles. The van der Waals surface area contributed by atoms with Crippen molar-refractivity contribution in [2.45, 2.75) is 26.2 Å². The zero-order chi connectivity index (χ0) is 22.9. The van der Waals surface area contributed by atoms with Crippen molar-refractivity contribution in [3.63, 3.8) is 0 Å². The normalized spacial score (nSPS) is 11.3. The van der Waals surface area contributed by atoms with Gasteiger partial charge in [-0.25, -0.2) is 0 Å². The number of amides is 1. The van der Waals surface area contributed by atoms with Gasteiger partial charge in [-0.15, -0.1) is 0 Å². The summed E-state index contributed by atoms with van der Waals surface area (Å²) in [6.45, 7) is 2.29. The summed E-state index contributed by atoms with van der Waals surface area (Å²) in [4.78, 5) is 32.2. The number of aromatic amines is 2. The molecule has 0 aliphatic rings. The van der Waals surface area contributed by atoms with Crippen LogP contribution in [0, 0.1) is 18.3 Å². The predicted octanol–water partition coefficient (Wildman–Crippen LogP) is 3.73. The predicted molar refractivity (Wildman–Crippen MR) is 128 cm³/mol. The van der Waals surface area contributed by atoms with Gasteiger partial charge in [-0.3, -0.25) is 14.0 Å². The van der Waals surface area contributed by atoms with Crippen LogP contribution in [-0.2, 0) is 17.6 Å². The third-order valence-electron chi connectivity index (χ3n) is 6.25. The molecule has 0 aliphatic carbocycles. The molecule has 0 saturated heterocycles. The van der Waals surface area contributed by atoms with Gasteiger partial charge < -0.3 is 15.3 Å². The SMILES string of the molecule is Cc1c(CCC(=O)NCCc2c[nH]c3ccccc23)c(=O)n2c([nH]c3ccccc32)c1C#N. The Morgan fingerprint density at radius 2 is 1.85 bits per heavy atom. The second-order valence-electron chi connectivity index (χ2n) is 8.18. The second kappa shape index (κ2) is 8.32. The smallest absolute Gasteiger partial charge is 0.260 e. The van der Waals surface area contributed by atoms with E-state index in [1.807, 2.05) is 48.7 Å². The molecule has 164 valence electrons. The fourth-order valence-corrected chi connectivity index (χ4v) is 4.52. The Kier molecular flexibility index (Phi) is 5.19. The van der Waals surface area contributed by atoms with Crippen molar-refractivity contribution in [1.82, 2.24) is 19.7 Å². The highest BCUT2D eigenvalue weighted by atomic mass is 16.1. The minimum atomic E-state index is -0.189. The molecule has 7 nitrogen and oxygen atoms in total. The Hall–Kier alpha value is -4.31. The molecule has 0 radical (unpaired) electrons. The van der Waals surface area contributed by atoms with Gasteiger partial charge in [-0.05, 0) is 49.1 Å². The first kappa shape index (κ1) is 20.6. The van der Waals surface area contributed by atoms with Crippen LogP contribution in [-0.4, -0.2) is 26.8 Å². The zero-order valence-electron chi connectivity index (χ0n) is 18.2. The molecule has 33 heavy (non-hydrogen) atoms. The largest absolute Gasteiger partial charge is 0.361 e. The van der Waals surface area contributed by atoms with E-state index in [9.17, 15) is 14.9 Å². The number of hydrogen-bond donors (Lipinski definition) is 3. The van der Waals surface area contributed by atoms with Gasteiger partial charge in [0.2, 0.25) is 5.91 Å². The summed E-state index contributed by atoms with van der Waals surface area (Å²) in [6.07, 6.45) is 3.15. The summed E-state index contributed by atoms with van der Waals surface area (Å²) < 4.78 is 1.55. The average Bonchev–Trinajstić information content (AvgIpc) is 3.41. The number of imidazole rings is 1. The van der Waals surface area contributed by atoms with Crippen molar-refractivity contribution in [2.75, 3.05) is 6.54 Å². The van der Waals surface area contributed by atoms with Crippen molar-refractivity contribution in [1.29, 1.82) is 5.26 Å². The number of carbonyl (C=O) groups excluding carboxylic acids is 1. The minimum Gasteiger partial charge on any atom is -0.361 e. The second-order valence-corrected chi connectivity index (χ2v) is 8.18. The highest BCUT2D eigenvalue weighted by Crippen LogP contribution is 2.22. The van der Waals surface area contributed by atoms with Crippen molar-refractivity contribution >= 4 is 33.5 Å². The maximum Gasteiger partial charge on any atom is 0.260 e. The van der Waals surface area contributed by atoms with Gasteiger partial charge >= 0.3 is 0 Å². The van der Waals surface area contributed by atoms with Crippen molar-refractivity contribution in [3.8, 4) is 6.07 Å². The molecule has 3 N–H and O–H groups in total. The van der Waals surface area contributed by atoms with Gasteiger partial charge in [0.1, 0.15) is 11.7 Å². The van der Waals surface area contributed by atoms with E-state index in [1.54, 1.807) is 11.3 Å². The molecule has 1 amide bonds. The maximum atomic E-state index is 13.3. The number of nitrogens with zero attached hydrogens (tertiary/aromatic N) is 2. The molecule has 7 heteroatoms. The molecule has 0 fully saturated rings. The molecule has 0 aliphatic heterocycles. The molecule has 5 aromatic rings. The summed E-state index contributed by atoms with van der Waals surface area (Å²) in [7, 11) is 0. The standard InChI is InChI=1S/C26H23N5O2/c1-16-18(26(33)31-23-9-5-4-8-22(23)30-25(31)20(16)14-27)10-11-24(32)28-13-12-17-15-29-21-7-3-2-6-19(17)21/h2-9,15,29-30H,10-13H2,1H3,(H,28,32). The van der Waals surface area contributed by atoms with Crippen LogP contribution in [0.4, 0.5) is 0 Å². The summed E-state index contributed by atoms with van der Waals surface area (Å²) in [5.74, 6) is -0.115. The zero-order valence-corrected chi connectivity index (χ0v) is 18.2. The monoisotopic (exact) mass is 437 g/mol. The molecule has 0 spiro atoms. The average molecular weight is 438 g/mol. The number of H-pyrrole nitrogens is 2. The van der Waals surface area contributed by atoms with Crippen molar-refractivity contribution in [2.24, 2.45) is 0 Å². The van der Waals surface area contributed by atoms with Gasteiger partial charge in [0.25, 0.3) is 5.56 Å². The third-order valence-corrected chi connectivity index (χ3v) is 6.25. The van der Waals surface area contributed by atoms with Crippen LogP contribution in [0.15, 0.2) is 59.5 Å². The molecular weight excluding hydrogens is 414 g/mol. The van der Waals surface area contributed by atoms with Crippen molar-refractivity contribution < 1.29 is 4.79 Å². The van der Waals surface area contributed by atoms with E-state index in [0.717, 1.165) is 33.9 Å². The van der Waals surface area contributed by atoms with E-state index < -0.39 is 0 Å². The number of hydrogen-bond acceptors (Lipinski definition) is 3. The fraction of sp³-hybridized carbons (Fsp3) is 0.192. The lowest BCUT2D eigenvalue weighted by molar-refractivity contribution is -0.121. The Morgan fingerprint density at radius 1 is 1.09 bits per heavy atom. The van der Waals surface area contributed by atoms with Crippen LogP contribution in [0.25, 0.3) is 27.6 Å². The number of carbonyl (C=O) groups is 1. The highest BCUT2D eigenvalue weighted by molar-refractivity contribution is 5.84. The van der Waals surface area contributed by atoms with E-state index in [2.05, 4.69) is 27.4 Å². The molecular formula is C26H23N5O2. The number of benzene rings is 2. The molecule has 0 unspecified atom stereocenters. The van der Waals surface area contributed by atoms with E-state index in [1.165, 1.54) is 0 Å². The first-order valence-corrected chi connectivity index (χ1v) is 10.9. The molecule has 0 atom stereocenters. The lowest BCUT2D eigenvalue weighted by Gasteiger charge is -2.09. The van der Waals surface area contributed by atoms with E-state index in [-0.39, 0.29) is 24.3 Å². The number of fused-ring (bicyclic) bond motifs is 4. The number of nitrogens with one attached hydrogen (secondary N) is 3. The van der Waals surface area contributed by atoms with Gasteiger partial charge in [-0.2, -0.15) is 5.26 Å². The van der Waals surface area contributed by atoms with Crippen LogP contribution in [0.3, 0.4) is 0 Å². The fourth-order valence-electron chi connectivity index (χ4n) is 4.52. The number of para-hydroxylation sites is 3.